The fourth-order valence-corrected chi connectivity index (χ4v) is 1.13. The van der Waals surface area contributed by atoms with E-state index in [9.17, 15) is 0 Å². The lowest BCUT2D eigenvalue weighted by atomic mass is 10.2. The van der Waals surface area contributed by atoms with Crippen LogP contribution < -0.4 is 31.4 Å². The highest BCUT2D eigenvalue weighted by molar-refractivity contribution is 5.13. The third-order valence-corrected chi connectivity index (χ3v) is 1.50. The minimum absolute atomic E-state index is 0.990. The lowest BCUT2D eigenvalue weighted by molar-refractivity contribution is -1.73. The topological polar surface area (TPSA) is 69.2 Å². The van der Waals surface area contributed by atoms with Crippen LogP contribution in [0, 0.1) is 0 Å². The molecule has 0 radical (unpaired) electrons. The molecule has 0 aliphatic heterocycles. The van der Waals surface area contributed by atoms with Crippen LogP contribution in [0.15, 0.2) is 30.3 Å². The van der Waals surface area contributed by atoms with Gasteiger partial charge in [0.05, 0.1) is 21.1 Å². The molecule has 0 fully saturated rings. The van der Waals surface area contributed by atoms with Gasteiger partial charge in [0.1, 0.15) is 6.54 Å². The second kappa shape index (κ2) is 7.13. The van der Waals surface area contributed by atoms with Crippen molar-refractivity contribution < 1.29 is 35.9 Å². The van der Waals surface area contributed by atoms with Crippen molar-refractivity contribution in [1.82, 2.24) is 0 Å². The van der Waals surface area contributed by atoms with Gasteiger partial charge < -0.3 is 14.8 Å². The van der Waals surface area contributed by atoms with Crippen molar-refractivity contribution in [3.8, 4) is 0 Å². The highest BCUT2D eigenvalue weighted by atomic mass is 127. The SMILES string of the molecule is C[N+](C)(C)Cc1ccccc1.[O-][I+2]([O-])[O-]. The zero-order valence-corrected chi connectivity index (χ0v) is 11.3. The molecule has 0 aliphatic carbocycles. The van der Waals surface area contributed by atoms with Gasteiger partial charge in [0.2, 0.25) is 0 Å². The molecule has 1 aromatic carbocycles. The van der Waals surface area contributed by atoms with Gasteiger partial charge in [-0.15, -0.1) is 0 Å². The molecule has 0 spiro atoms. The van der Waals surface area contributed by atoms with Crippen LogP contribution in [0.3, 0.4) is 0 Å². The maximum absolute atomic E-state index is 8.57. The first-order valence-corrected chi connectivity index (χ1v) is 7.03. The molecule has 1 rings (SSSR count). The average molecular weight is 325 g/mol. The molecule has 4 nitrogen and oxygen atoms in total. The first-order chi connectivity index (χ1) is 6.81. The Bertz CT molecular complexity index is 256. The lowest BCUT2D eigenvalue weighted by Gasteiger charge is -2.23. The van der Waals surface area contributed by atoms with E-state index in [0.717, 1.165) is 11.0 Å². The minimum atomic E-state index is -4.01. The Labute approximate surface area is 99.4 Å². The molecule has 86 valence electrons. The monoisotopic (exact) mass is 325 g/mol. The van der Waals surface area contributed by atoms with Crippen LogP contribution in [0.5, 0.6) is 0 Å². The maximum Gasteiger partial charge on any atom is 0.282 e. The summed E-state index contributed by atoms with van der Waals surface area (Å²) in [5.74, 6) is 0. The Balaban J connectivity index is 0.000000423. The summed E-state index contributed by atoms with van der Waals surface area (Å²) in [6.45, 7) is 1.10. The van der Waals surface area contributed by atoms with Gasteiger partial charge in [-0.2, -0.15) is 0 Å². The molecule has 0 aliphatic rings. The highest BCUT2D eigenvalue weighted by Crippen LogP contribution is 2.04. The lowest BCUT2D eigenvalue weighted by Crippen LogP contribution is -4.05. The number of rotatable bonds is 2. The molecule has 0 N–H and O–H groups in total. The Kier molecular flexibility index (Phi) is 7.03. The molecule has 15 heavy (non-hydrogen) atoms. The van der Waals surface area contributed by atoms with Crippen molar-refractivity contribution in [3.05, 3.63) is 35.9 Å². The summed E-state index contributed by atoms with van der Waals surface area (Å²) < 4.78 is 26.7. The van der Waals surface area contributed by atoms with E-state index < -0.39 is 21.1 Å². The quantitative estimate of drug-likeness (QED) is 0.406. The Morgan fingerprint density at radius 3 is 1.73 bits per heavy atom. The van der Waals surface area contributed by atoms with Crippen molar-refractivity contribution >= 4 is 0 Å². The third-order valence-electron chi connectivity index (χ3n) is 1.50. The molecule has 0 amide bonds. The summed E-state index contributed by atoms with van der Waals surface area (Å²) in [4.78, 5) is 0. The molecule has 0 unspecified atom stereocenters. The normalized spacial score (nSPS) is 10.9. The van der Waals surface area contributed by atoms with Gasteiger partial charge >= 0.3 is 0 Å². The highest BCUT2D eigenvalue weighted by Gasteiger charge is 2.06. The predicted octanol–water partition coefficient (Wildman–Crippen LogP) is -4.67. The van der Waals surface area contributed by atoms with E-state index in [1.54, 1.807) is 0 Å². The molecule has 0 aromatic heterocycles. The van der Waals surface area contributed by atoms with E-state index in [0.29, 0.717) is 0 Å². The largest absolute Gasteiger partial charge is 0.427 e. The van der Waals surface area contributed by atoms with Crippen molar-refractivity contribution in [2.45, 2.75) is 6.54 Å². The van der Waals surface area contributed by atoms with Crippen LogP contribution in [0.2, 0.25) is 0 Å². The van der Waals surface area contributed by atoms with Gasteiger partial charge in [-0.3, -0.25) is 0 Å². The summed E-state index contributed by atoms with van der Waals surface area (Å²) in [7, 11) is 6.60. The van der Waals surface area contributed by atoms with Crippen molar-refractivity contribution in [2.75, 3.05) is 21.1 Å². The molecule has 5 heteroatoms. The standard InChI is InChI=1S/C10H16N.IO3/c1-11(2,3)9-10-7-5-4-6-8-10;2-1(3)4/h4-8H,9H2,1-3H3;/q+1;-1. The second-order valence-electron chi connectivity index (χ2n) is 4.12. The van der Waals surface area contributed by atoms with Crippen LogP contribution in [0.4, 0.5) is 0 Å². The zero-order valence-electron chi connectivity index (χ0n) is 9.14. The van der Waals surface area contributed by atoms with Crippen LogP contribution in [0.1, 0.15) is 5.56 Å². The zero-order chi connectivity index (χ0) is 11.9. The van der Waals surface area contributed by atoms with Crippen LogP contribution in [0.25, 0.3) is 0 Å². The number of halogens is 1. The predicted molar refractivity (Wildman–Crippen MR) is 48.2 cm³/mol. The average Bonchev–Trinajstić information content (AvgIpc) is 2.01. The van der Waals surface area contributed by atoms with Crippen molar-refractivity contribution in [3.63, 3.8) is 0 Å². The first kappa shape index (κ1) is 14.8. The number of quaternary nitrogens is 1. The number of nitrogens with zero attached hydrogens (tertiary/aromatic N) is 1. The maximum atomic E-state index is 8.57. The van der Waals surface area contributed by atoms with E-state index in [1.807, 2.05) is 0 Å². The van der Waals surface area contributed by atoms with Crippen LogP contribution in [-0.4, -0.2) is 25.6 Å². The Hall–Kier alpha value is -0.210. The Morgan fingerprint density at radius 1 is 1.00 bits per heavy atom. The fourth-order valence-electron chi connectivity index (χ4n) is 1.13. The third kappa shape index (κ3) is 11.7. The minimum Gasteiger partial charge on any atom is -0.427 e. The van der Waals surface area contributed by atoms with E-state index >= 15 is 0 Å². The molecular weight excluding hydrogens is 309 g/mol. The molecule has 0 saturated heterocycles. The number of benzene rings is 1. The summed E-state index contributed by atoms with van der Waals surface area (Å²) in [5.41, 5.74) is 1.40. The Morgan fingerprint density at radius 2 is 1.40 bits per heavy atom. The summed E-state index contributed by atoms with van der Waals surface area (Å²) in [6.07, 6.45) is 0. The number of hydrogen-bond acceptors (Lipinski definition) is 3. The molecule has 1 aromatic rings. The van der Waals surface area contributed by atoms with Gasteiger partial charge in [-0.05, 0) is 0 Å². The van der Waals surface area contributed by atoms with E-state index in [2.05, 4.69) is 51.5 Å². The second-order valence-corrected chi connectivity index (χ2v) is 5.20. The summed E-state index contributed by atoms with van der Waals surface area (Å²) in [5, 5.41) is 0. The van der Waals surface area contributed by atoms with Gasteiger partial charge in [0, 0.05) is 5.56 Å². The van der Waals surface area contributed by atoms with Gasteiger partial charge in [-0.1, -0.05) is 30.3 Å². The van der Waals surface area contributed by atoms with Crippen LogP contribution >= 0.6 is 0 Å². The van der Waals surface area contributed by atoms with Gasteiger partial charge in [0.25, 0.3) is 21.1 Å². The molecular formula is C10H16INO3. The van der Waals surface area contributed by atoms with Crippen molar-refractivity contribution in [2.24, 2.45) is 0 Å². The van der Waals surface area contributed by atoms with Crippen LogP contribution in [-0.2, 0) is 6.54 Å². The van der Waals surface area contributed by atoms with Crippen molar-refractivity contribution in [1.29, 1.82) is 0 Å². The molecule has 0 saturated carbocycles. The van der Waals surface area contributed by atoms with Gasteiger partial charge in [-0.25, -0.2) is 0 Å². The van der Waals surface area contributed by atoms with E-state index in [4.69, 9.17) is 10.3 Å². The summed E-state index contributed by atoms with van der Waals surface area (Å²) in [6, 6.07) is 10.6. The molecule has 0 atom stereocenters. The number of hydrogen-bond donors (Lipinski definition) is 0. The van der Waals surface area contributed by atoms with E-state index in [1.165, 1.54) is 5.56 Å². The summed E-state index contributed by atoms with van der Waals surface area (Å²) >= 11 is -4.01. The fraction of sp³-hybridized carbons (Fsp3) is 0.400. The molecule has 0 bridgehead atoms. The first-order valence-electron chi connectivity index (χ1n) is 4.39. The molecule has 0 heterocycles. The van der Waals surface area contributed by atoms with E-state index in [-0.39, 0.29) is 0 Å². The van der Waals surface area contributed by atoms with Gasteiger partial charge in [0.15, 0.2) is 0 Å². The smallest absolute Gasteiger partial charge is 0.282 e.